The Morgan fingerprint density at radius 1 is 1.50 bits per heavy atom. The summed E-state index contributed by atoms with van der Waals surface area (Å²) in [6, 6.07) is 6.32. The zero-order valence-corrected chi connectivity index (χ0v) is 10.2. The van der Waals surface area contributed by atoms with E-state index in [1.165, 1.54) is 0 Å². The second-order valence-electron chi connectivity index (χ2n) is 3.97. The third-order valence-electron chi connectivity index (χ3n) is 2.74. The summed E-state index contributed by atoms with van der Waals surface area (Å²) < 4.78 is 1.14. The Morgan fingerprint density at radius 3 is 3.25 bits per heavy atom. The number of hydrogen-bond acceptors (Lipinski definition) is 4. The van der Waals surface area contributed by atoms with Crippen LogP contribution in [0.1, 0.15) is 6.42 Å². The summed E-state index contributed by atoms with van der Waals surface area (Å²) in [7, 11) is 0. The van der Waals surface area contributed by atoms with Gasteiger partial charge in [-0.15, -0.1) is 0 Å². The summed E-state index contributed by atoms with van der Waals surface area (Å²) in [5, 5.41) is 8.54. The molecule has 0 saturated carbocycles. The lowest BCUT2D eigenvalue weighted by Crippen LogP contribution is -2.21. The van der Waals surface area contributed by atoms with Gasteiger partial charge in [-0.05, 0) is 31.2 Å². The molecule has 2 N–H and O–H groups in total. The largest absolute Gasteiger partial charge is 0.357 e. The number of thiazole rings is 1. The molecule has 1 unspecified atom stereocenters. The third kappa shape index (κ3) is 2.00. The SMILES string of the molecule is Clc1ccc2nc(NC3CCNC3)sc2c1. The van der Waals surface area contributed by atoms with E-state index in [2.05, 4.69) is 15.6 Å². The van der Waals surface area contributed by atoms with E-state index in [-0.39, 0.29) is 0 Å². The van der Waals surface area contributed by atoms with Crippen molar-refractivity contribution in [1.82, 2.24) is 10.3 Å². The van der Waals surface area contributed by atoms with Crippen LogP contribution in [0.3, 0.4) is 0 Å². The van der Waals surface area contributed by atoms with Crippen LogP contribution < -0.4 is 10.6 Å². The van der Waals surface area contributed by atoms with Crippen molar-refractivity contribution in [3.8, 4) is 0 Å². The predicted molar refractivity (Wildman–Crippen MR) is 69.5 cm³/mol. The minimum atomic E-state index is 0.510. The minimum Gasteiger partial charge on any atom is -0.357 e. The van der Waals surface area contributed by atoms with Gasteiger partial charge in [0.25, 0.3) is 0 Å². The van der Waals surface area contributed by atoms with E-state index in [0.29, 0.717) is 6.04 Å². The van der Waals surface area contributed by atoms with Gasteiger partial charge in [-0.25, -0.2) is 4.98 Å². The van der Waals surface area contributed by atoms with E-state index in [1.807, 2.05) is 18.2 Å². The van der Waals surface area contributed by atoms with Gasteiger partial charge in [-0.3, -0.25) is 0 Å². The highest BCUT2D eigenvalue weighted by Gasteiger charge is 2.15. The second-order valence-corrected chi connectivity index (χ2v) is 5.43. The van der Waals surface area contributed by atoms with Crippen molar-refractivity contribution < 1.29 is 0 Å². The van der Waals surface area contributed by atoms with E-state index in [9.17, 15) is 0 Å². The Hall–Kier alpha value is -0.840. The Bertz CT molecular complexity index is 505. The molecule has 2 heterocycles. The van der Waals surface area contributed by atoms with Crippen LogP contribution in [0, 0.1) is 0 Å². The number of benzene rings is 1. The van der Waals surface area contributed by atoms with Crippen molar-refractivity contribution in [3.05, 3.63) is 23.2 Å². The highest BCUT2D eigenvalue weighted by molar-refractivity contribution is 7.22. The first-order valence-electron chi connectivity index (χ1n) is 5.34. The maximum atomic E-state index is 5.95. The molecule has 1 aliphatic rings. The molecule has 1 fully saturated rings. The Labute approximate surface area is 103 Å². The average molecular weight is 254 g/mol. The van der Waals surface area contributed by atoms with Gasteiger partial charge in [0.2, 0.25) is 0 Å². The van der Waals surface area contributed by atoms with Crippen molar-refractivity contribution in [3.63, 3.8) is 0 Å². The van der Waals surface area contributed by atoms with Crippen molar-refractivity contribution in [2.45, 2.75) is 12.5 Å². The summed E-state index contributed by atoms with van der Waals surface area (Å²) in [4.78, 5) is 4.54. The van der Waals surface area contributed by atoms with E-state index in [4.69, 9.17) is 11.6 Å². The molecule has 0 radical (unpaired) electrons. The second kappa shape index (κ2) is 4.20. The molecule has 5 heteroatoms. The molecule has 2 aromatic rings. The highest BCUT2D eigenvalue weighted by atomic mass is 35.5. The van der Waals surface area contributed by atoms with E-state index < -0.39 is 0 Å². The summed E-state index contributed by atoms with van der Waals surface area (Å²) >= 11 is 7.61. The number of nitrogens with zero attached hydrogens (tertiary/aromatic N) is 1. The molecule has 1 aromatic heterocycles. The highest BCUT2D eigenvalue weighted by Crippen LogP contribution is 2.28. The van der Waals surface area contributed by atoms with Gasteiger partial charge in [0.05, 0.1) is 10.2 Å². The van der Waals surface area contributed by atoms with Gasteiger partial charge in [-0.1, -0.05) is 22.9 Å². The molecule has 1 aliphatic heterocycles. The van der Waals surface area contributed by atoms with Crippen molar-refractivity contribution in [2.24, 2.45) is 0 Å². The minimum absolute atomic E-state index is 0.510. The number of fused-ring (bicyclic) bond motifs is 1. The summed E-state index contributed by atoms with van der Waals surface area (Å²) in [6.07, 6.45) is 1.16. The molecule has 1 aromatic carbocycles. The first-order chi connectivity index (χ1) is 7.81. The van der Waals surface area contributed by atoms with E-state index in [1.54, 1.807) is 11.3 Å². The first kappa shape index (κ1) is 10.3. The van der Waals surface area contributed by atoms with Crippen LogP contribution in [0.25, 0.3) is 10.2 Å². The average Bonchev–Trinajstić information content (AvgIpc) is 2.86. The van der Waals surface area contributed by atoms with Crippen molar-refractivity contribution in [2.75, 3.05) is 18.4 Å². The van der Waals surface area contributed by atoms with Crippen LogP contribution in [0.2, 0.25) is 5.02 Å². The normalized spacial score (nSPS) is 20.4. The molecule has 0 aliphatic carbocycles. The van der Waals surface area contributed by atoms with Gasteiger partial charge in [0, 0.05) is 17.6 Å². The molecule has 0 spiro atoms. The van der Waals surface area contributed by atoms with Gasteiger partial charge >= 0.3 is 0 Å². The summed E-state index contributed by atoms with van der Waals surface area (Å²) in [5.41, 5.74) is 1.02. The van der Waals surface area contributed by atoms with Crippen LogP contribution >= 0.6 is 22.9 Å². The van der Waals surface area contributed by atoms with Crippen LogP contribution in [0.15, 0.2) is 18.2 Å². The quantitative estimate of drug-likeness (QED) is 0.864. The molecule has 84 valence electrons. The molecule has 3 rings (SSSR count). The van der Waals surface area contributed by atoms with E-state index in [0.717, 1.165) is 39.9 Å². The van der Waals surface area contributed by atoms with Crippen LogP contribution in [-0.4, -0.2) is 24.1 Å². The Morgan fingerprint density at radius 2 is 2.44 bits per heavy atom. The zero-order chi connectivity index (χ0) is 11.0. The fourth-order valence-electron chi connectivity index (χ4n) is 1.91. The number of rotatable bonds is 2. The van der Waals surface area contributed by atoms with Crippen molar-refractivity contribution >= 4 is 38.3 Å². The number of hydrogen-bond donors (Lipinski definition) is 2. The first-order valence-corrected chi connectivity index (χ1v) is 6.54. The number of anilines is 1. The molecule has 0 bridgehead atoms. The maximum absolute atomic E-state index is 5.95. The van der Waals surface area contributed by atoms with Crippen LogP contribution in [0.4, 0.5) is 5.13 Å². The van der Waals surface area contributed by atoms with E-state index >= 15 is 0 Å². The topological polar surface area (TPSA) is 37.0 Å². The fourth-order valence-corrected chi connectivity index (χ4v) is 3.13. The van der Waals surface area contributed by atoms with Gasteiger partial charge in [0.15, 0.2) is 5.13 Å². The number of halogens is 1. The molecule has 16 heavy (non-hydrogen) atoms. The smallest absolute Gasteiger partial charge is 0.184 e. The predicted octanol–water partition coefficient (Wildman–Crippen LogP) is 2.72. The number of nitrogens with one attached hydrogen (secondary N) is 2. The molecule has 1 saturated heterocycles. The van der Waals surface area contributed by atoms with Gasteiger partial charge in [-0.2, -0.15) is 0 Å². The van der Waals surface area contributed by atoms with Crippen molar-refractivity contribution in [1.29, 1.82) is 0 Å². The summed E-state index contributed by atoms with van der Waals surface area (Å²) in [5.74, 6) is 0. The molecule has 0 amide bonds. The maximum Gasteiger partial charge on any atom is 0.184 e. The lowest BCUT2D eigenvalue weighted by Gasteiger charge is -2.08. The zero-order valence-electron chi connectivity index (χ0n) is 8.66. The summed E-state index contributed by atoms with van der Waals surface area (Å²) in [6.45, 7) is 2.12. The van der Waals surface area contributed by atoms with Crippen LogP contribution in [0.5, 0.6) is 0 Å². The Kier molecular flexibility index (Phi) is 2.71. The molecular formula is C11H12ClN3S. The molecule has 3 nitrogen and oxygen atoms in total. The van der Waals surface area contributed by atoms with Gasteiger partial charge in [0.1, 0.15) is 0 Å². The van der Waals surface area contributed by atoms with Crippen LogP contribution in [-0.2, 0) is 0 Å². The monoisotopic (exact) mass is 253 g/mol. The Balaban J connectivity index is 1.86. The third-order valence-corrected chi connectivity index (χ3v) is 3.92. The lowest BCUT2D eigenvalue weighted by molar-refractivity contribution is 0.792. The lowest BCUT2D eigenvalue weighted by atomic mass is 10.3. The van der Waals surface area contributed by atoms with Gasteiger partial charge < -0.3 is 10.6 Å². The molecule has 1 atom stereocenters. The standard InChI is InChI=1S/C11H12ClN3S/c12-7-1-2-9-10(5-7)16-11(15-9)14-8-3-4-13-6-8/h1-2,5,8,13H,3-4,6H2,(H,14,15). The fraction of sp³-hybridized carbons (Fsp3) is 0.364. The molecular weight excluding hydrogens is 242 g/mol. The number of aromatic nitrogens is 1.